The average Bonchev–Trinajstić information content (AvgIpc) is 2.95. The van der Waals surface area contributed by atoms with Crippen molar-refractivity contribution in [2.24, 2.45) is 0 Å². The summed E-state index contributed by atoms with van der Waals surface area (Å²) < 4.78 is 5.50. The Hall–Kier alpha value is -5.53. The van der Waals surface area contributed by atoms with Crippen LogP contribution in [0.2, 0.25) is 0 Å². The zero-order chi connectivity index (χ0) is 27.1. The van der Waals surface area contributed by atoms with E-state index < -0.39 is 5.63 Å². The first kappa shape index (κ1) is 23.8. The SMILES string of the molecule is Cc1ccc2nc3c(nc2c1)c(CCC(=C(C#N)C#N)c1cc2ccccc2oc1=O)c(O)c1ccccc13. The molecule has 6 rings (SSSR count). The number of phenolic OH excluding ortho intramolecular Hbond substituents is 1. The molecule has 2 aromatic heterocycles. The van der Waals surface area contributed by atoms with Crippen LogP contribution in [0.5, 0.6) is 5.75 Å². The molecule has 186 valence electrons. The molecule has 0 spiro atoms. The largest absolute Gasteiger partial charge is 0.507 e. The zero-order valence-corrected chi connectivity index (χ0v) is 20.9. The van der Waals surface area contributed by atoms with Gasteiger partial charge in [0.05, 0.1) is 27.6 Å². The van der Waals surface area contributed by atoms with Gasteiger partial charge in [0.15, 0.2) is 0 Å². The number of nitrogens with zero attached hydrogens (tertiary/aromatic N) is 4. The number of aromatic hydroxyl groups is 1. The van der Waals surface area contributed by atoms with Crippen LogP contribution in [0.25, 0.3) is 49.4 Å². The molecular formula is C32H20N4O3. The Labute approximate surface area is 222 Å². The molecule has 0 aliphatic carbocycles. The fourth-order valence-electron chi connectivity index (χ4n) is 5.05. The molecule has 6 aromatic rings. The molecule has 0 amide bonds. The van der Waals surface area contributed by atoms with E-state index in [-0.39, 0.29) is 35.3 Å². The zero-order valence-electron chi connectivity index (χ0n) is 20.9. The molecule has 7 nitrogen and oxygen atoms in total. The second kappa shape index (κ2) is 9.41. The standard InChI is InChI=1S/C32H20N4O3/c1-18-10-13-26-27(14-18)36-30-24(31(37)23-8-4-3-7-22(23)29(30)35-26)12-11-21(20(16-33)17-34)25-15-19-6-2-5-9-28(19)39-32(25)38/h2-10,13-15,37H,11-12H2,1H3. The summed E-state index contributed by atoms with van der Waals surface area (Å²) in [5.41, 5.74) is 4.15. The summed E-state index contributed by atoms with van der Waals surface area (Å²) in [5.74, 6) is 0.0553. The summed E-state index contributed by atoms with van der Waals surface area (Å²) in [7, 11) is 0. The number of aryl methyl sites for hydroxylation is 2. The molecule has 2 heterocycles. The minimum absolute atomic E-state index is 0.0553. The Morgan fingerprint density at radius 3 is 2.41 bits per heavy atom. The Balaban J connectivity index is 1.56. The van der Waals surface area contributed by atoms with Crippen LogP contribution < -0.4 is 5.63 Å². The minimum Gasteiger partial charge on any atom is -0.507 e. The maximum atomic E-state index is 13.0. The van der Waals surface area contributed by atoms with E-state index in [0.29, 0.717) is 38.5 Å². The lowest BCUT2D eigenvalue weighted by Gasteiger charge is -2.14. The van der Waals surface area contributed by atoms with E-state index in [2.05, 4.69) is 0 Å². The fraction of sp³-hybridized carbons (Fsp3) is 0.0938. The summed E-state index contributed by atoms with van der Waals surface area (Å²) in [6.45, 7) is 1.97. The van der Waals surface area contributed by atoms with Gasteiger partial charge < -0.3 is 9.52 Å². The van der Waals surface area contributed by atoms with Crippen LogP contribution in [0.3, 0.4) is 0 Å². The molecule has 0 saturated heterocycles. The third-order valence-electron chi connectivity index (χ3n) is 6.95. The number of para-hydroxylation sites is 1. The van der Waals surface area contributed by atoms with Gasteiger partial charge in [-0.3, -0.25) is 0 Å². The molecule has 0 bridgehead atoms. The normalized spacial score (nSPS) is 11.1. The number of hydrogen-bond donors (Lipinski definition) is 1. The fourth-order valence-corrected chi connectivity index (χ4v) is 5.05. The van der Waals surface area contributed by atoms with E-state index in [0.717, 1.165) is 16.5 Å². The van der Waals surface area contributed by atoms with Gasteiger partial charge in [0, 0.05) is 21.7 Å². The van der Waals surface area contributed by atoms with Crippen LogP contribution >= 0.6 is 0 Å². The molecule has 7 heteroatoms. The van der Waals surface area contributed by atoms with Crippen molar-refractivity contribution in [2.75, 3.05) is 0 Å². The van der Waals surface area contributed by atoms with Crippen molar-refractivity contribution in [1.29, 1.82) is 10.5 Å². The lowest BCUT2D eigenvalue weighted by atomic mass is 9.92. The van der Waals surface area contributed by atoms with Gasteiger partial charge >= 0.3 is 5.63 Å². The Morgan fingerprint density at radius 2 is 1.62 bits per heavy atom. The molecule has 0 saturated carbocycles. The number of phenols is 1. The lowest BCUT2D eigenvalue weighted by Crippen LogP contribution is -2.09. The van der Waals surface area contributed by atoms with E-state index in [9.17, 15) is 20.4 Å². The molecular weight excluding hydrogens is 488 g/mol. The van der Waals surface area contributed by atoms with E-state index in [1.165, 1.54) is 0 Å². The van der Waals surface area contributed by atoms with Crippen LogP contribution in [-0.4, -0.2) is 15.1 Å². The predicted octanol–water partition coefficient (Wildman–Crippen LogP) is 6.49. The number of rotatable bonds is 4. The van der Waals surface area contributed by atoms with Gasteiger partial charge in [0.2, 0.25) is 0 Å². The van der Waals surface area contributed by atoms with E-state index >= 15 is 0 Å². The van der Waals surface area contributed by atoms with E-state index in [1.54, 1.807) is 24.3 Å². The molecule has 0 aliphatic rings. The highest BCUT2D eigenvalue weighted by molar-refractivity contribution is 6.10. The smallest absolute Gasteiger partial charge is 0.343 e. The van der Waals surface area contributed by atoms with Crippen LogP contribution in [0.15, 0.2) is 87.6 Å². The monoisotopic (exact) mass is 508 g/mol. The third-order valence-corrected chi connectivity index (χ3v) is 6.95. The number of aromatic nitrogens is 2. The molecule has 0 unspecified atom stereocenters. The maximum absolute atomic E-state index is 13.0. The number of hydrogen-bond acceptors (Lipinski definition) is 7. The van der Waals surface area contributed by atoms with Crippen molar-refractivity contribution in [2.45, 2.75) is 19.8 Å². The predicted molar refractivity (Wildman–Crippen MR) is 150 cm³/mol. The van der Waals surface area contributed by atoms with Gasteiger partial charge in [0.25, 0.3) is 0 Å². The minimum atomic E-state index is -0.638. The Kier molecular flexibility index (Phi) is 5.75. The van der Waals surface area contributed by atoms with Crippen molar-refractivity contribution in [3.8, 4) is 17.9 Å². The summed E-state index contributed by atoms with van der Waals surface area (Å²) in [4.78, 5) is 22.8. The van der Waals surface area contributed by atoms with Gasteiger partial charge in [-0.15, -0.1) is 0 Å². The second-order valence-corrected chi connectivity index (χ2v) is 9.35. The second-order valence-electron chi connectivity index (χ2n) is 9.35. The van der Waals surface area contributed by atoms with E-state index in [4.69, 9.17) is 14.4 Å². The third kappa shape index (κ3) is 4.03. The Morgan fingerprint density at radius 1 is 0.897 bits per heavy atom. The Bertz CT molecular complexity index is 2130. The van der Waals surface area contributed by atoms with Crippen molar-refractivity contribution >= 4 is 49.4 Å². The van der Waals surface area contributed by atoms with Crippen LogP contribution in [-0.2, 0) is 6.42 Å². The van der Waals surface area contributed by atoms with Gasteiger partial charge in [-0.25, -0.2) is 14.8 Å². The molecule has 1 N–H and O–H groups in total. The first-order valence-electron chi connectivity index (χ1n) is 12.4. The van der Waals surface area contributed by atoms with E-state index in [1.807, 2.05) is 67.6 Å². The first-order chi connectivity index (χ1) is 19.0. The first-order valence-corrected chi connectivity index (χ1v) is 12.4. The highest BCUT2D eigenvalue weighted by Gasteiger charge is 2.21. The molecule has 39 heavy (non-hydrogen) atoms. The highest BCUT2D eigenvalue weighted by Crippen LogP contribution is 2.38. The van der Waals surface area contributed by atoms with Crippen LogP contribution in [0.4, 0.5) is 0 Å². The maximum Gasteiger partial charge on any atom is 0.343 e. The quantitative estimate of drug-likeness (QED) is 0.125. The summed E-state index contributed by atoms with van der Waals surface area (Å²) in [6.07, 6.45) is 0.321. The van der Waals surface area contributed by atoms with Gasteiger partial charge in [-0.2, -0.15) is 10.5 Å². The molecule has 4 aromatic carbocycles. The highest BCUT2D eigenvalue weighted by atomic mass is 16.4. The van der Waals surface area contributed by atoms with Crippen molar-refractivity contribution in [1.82, 2.24) is 9.97 Å². The van der Waals surface area contributed by atoms with Crippen molar-refractivity contribution in [3.05, 3.63) is 105 Å². The number of fused-ring (bicyclic) bond motifs is 5. The summed E-state index contributed by atoms with van der Waals surface area (Å²) in [6, 6.07) is 25.8. The van der Waals surface area contributed by atoms with Gasteiger partial charge in [-0.05, 0) is 55.2 Å². The van der Waals surface area contributed by atoms with Gasteiger partial charge in [0.1, 0.15) is 29.0 Å². The van der Waals surface area contributed by atoms with Crippen LogP contribution in [0, 0.1) is 29.6 Å². The number of nitriles is 2. The number of benzene rings is 4. The van der Waals surface area contributed by atoms with Crippen molar-refractivity contribution < 1.29 is 9.52 Å². The lowest BCUT2D eigenvalue weighted by molar-refractivity contribution is 0.475. The summed E-state index contributed by atoms with van der Waals surface area (Å²) >= 11 is 0. The summed E-state index contributed by atoms with van der Waals surface area (Å²) in [5, 5.41) is 32.9. The molecule has 0 aliphatic heterocycles. The number of allylic oxidation sites excluding steroid dienone is 2. The van der Waals surface area contributed by atoms with Crippen LogP contribution in [0.1, 0.15) is 23.1 Å². The molecule has 0 fully saturated rings. The van der Waals surface area contributed by atoms with Crippen molar-refractivity contribution in [3.63, 3.8) is 0 Å². The average molecular weight is 509 g/mol. The molecule has 0 atom stereocenters. The molecule has 0 radical (unpaired) electrons. The van der Waals surface area contributed by atoms with Gasteiger partial charge in [-0.1, -0.05) is 48.5 Å². The topological polar surface area (TPSA) is 124 Å².